The molecule has 0 spiro atoms. The second-order valence-corrected chi connectivity index (χ2v) is 4.50. The van der Waals surface area contributed by atoms with Gasteiger partial charge < -0.3 is 5.32 Å². The van der Waals surface area contributed by atoms with Crippen LogP contribution in [-0.4, -0.2) is 37.6 Å². The fraction of sp³-hybridized carbons (Fsp3) is 0.231. The van der Waals surface area contributed by atoms with Crippen LogP contribution in [0.15, 0.2) is 30.5 Å². The van der Waals surface area contributed by atoms with Crippen LogP contribution in [0.5, 0.6) is 0 Å². The summed E-state index contributed by atoms with van der Waals surface area (Å²) in [5.74, 6) is -0.126. The largest absolute Gasteiger partial charge is 0.350 e. The third kappa shape index (κ3) is 2.51. The number of nitrogens with zero attached hydrogens (tertiary/aromatic N) is 4. The van der Waals surface area contributed by atoms with Gasteiger partial charge in [0.25, 0.3) is 5.91 Å². The predicted molar refractivity (Wildman–Crippen MR) is 73.2 cm³/mol. The molecule has 3 aromatic rings. The number of aromatic amines is 1. The number of carbonyl (C=O) groups is 1. The Labute approximate surface area is 115 Å². The summed E-state index contributed by atoms with van der Waals surface area (Å²) in [6.07, 6.45) is 1.89. The van der Waals surface area contributed by atoms with Crippen molar-refractivity contribution in [2.75, 3.05) is 6.54 Å². The SMILES string of the molecule is Cc1ccn(CCNC(=O)c2ccc3n[nH]nc3c2)n1. The molecule has 1 aromatic carbocycles. The Hall–Kier alpha value is -2.70. The van der Waals surface area contributed by atoms with Crippen LogP contribution in [0.3, 0.4) is 0 Å². The van der Waals surface area contributed by atoms with Gasteiger partial charge >= 0.3 is 0 Å². The zero-order valence-corrected chi connectivity index (χ0v) is 11.0. The molecule has 0 aliphatic carbocycles. The van der Waals surface area contributed by atoms with Crippen molar-refractivity contribution in [3.8, 4) is 0 Å². The number of amides is 1. The summed E-state index contributed by atoms with van der Waals surface area (Å²) in [7, 11) is 0. The van der Waals surface area contributed by atoms with Crippen LogP contribution in [0.4, 0.5) is 0 Å². The van der Waals surface area contributed by atoms with Crippen molar-refractivity contribution < 1.29 is 4.79 Å². The fourth-order valence-electron chi connectivity index (χ4n) is 1.96. The van der Waals surface area contributed by atoms with E-state index in [1.165, 1.54) is 0 Å². The Bertz CT molecular complexity index is 744. The van der Waals surface area contributed by atoms with E-state index in [4.69, 9.17) is 0 Å². The third-order valence-electron chi connectivity index (χ3n) is 2.98. The van der Waals surface area contributed by atoms with Crippen LogP contribution in [0.25, 0.3) is 11.0 Å². The van der Waals surface area contributed by atoms with E-state index in [0.29, 0.717) is 24.2 Å². The number of nitrogens with one attached hydrogen (secondary N) is 2. The summed E-state index contributed by atoms with van der Waals surface area (Å²) < 4.78 is 1.80. The molecule has 0 unspecified atom stereocenters. The lowest BCUT2D eigenvalue weighted by atomic mass is 10.2. The monoisotopic (exact) mass is 270 g/mol. The second-order valence-electron chi connectivity index (χ2n) is 4.50. The van der Waals surface area contributed by atoms with Gasteiger partial charge in [-0.05, 0) is 31.2 Å². The highest BCUT2D eigenvalue weighted by Crippen LogP contribution is 2.10. The van der Waals surface area contributed by atoms with Gasteiger partial charge in [0.15, 0.2) is 0 Å². The summed E-state index contributed by atoms with van der Waals surface area (Å²) in [6, 6.07) is 7.15. The first kappa shape index (κ1) is 12.3. The second kappa shape index (κ2) is 5.12. The van der Waals surface area contributed by atoms with Gasteiger partial charge in [0.2, 0.25) is 0 Å². The first-order valence-electron chi connectivity index (χ1n) is 6.31. The van der Waals surface area contributed by atoms with Crippen molar-refractivity contribution in [3.63, 3.8) is 0 Å². The first-order valence-corrected chi connectivity index (χ1v) is 6.31. The Morgan fingerprint density at radius 1 is 1.30 bits per heavy atom. The summed E-state index contributed by atoms with van der Waals surface area (Å²) in [6.45, 7) is 3.10. The van der Waals surface area contributed by atoms with Crippen LogP contribution >= 0.6 is 0 Å². The molecular weight excluding hydrogens is 256 g/mol. The van der Waals surface area contributed by atoms with Crippen molar-refractivity contribution in [2.45, 2.75) is 13.5 Å². The molecule has 7 nitrogen and oxygen atoms in total. The van der Waals surface area contributed by atoms with E-state index in [1.807, 2.05) is 19.2 Å². The molecule has 0 aliphatic heterocycles. The van der Waals surface area contributed by atoms with Crippen molar-refractivity contribution in [1.82, 2.24) is 30.5 Å². The van der Waals surface area contributed by atoms with Crippen LogP contribution < -0.4 is 5.32 Å². The number of aromatic nitrogens is 5. The highest BCUT2D eigenvalue weighted by atomic mass is 16.1. The van der Waals surface area contributed by atoms with E-state index < -0.39 is 0 Å². The highest BCUT2D eigenvalue weighted by Gasteiger charge is 2.07. The Morgan fingerprint density at radius 3 is 2.95 bits per heavy atom. The molecule has 1 amide bonds. The molecule has 20 heavy (non-hydrogen) atoms. The molecule has 0 radical (unpaired) electrons. The van der Waals surface area contributed by atoms with Gasteiger partial charge in [0, 0.05) is 18.3 Å². The zero-order chi connectivity index (χ0) is 13.9. The molecule has 2 aromatic heterocycles. The maximum atomic E-state index is 12.0. The van der Waals surface area contributed by atoms with E-state index >= 15 is 0 Å². The van der Waals surface area contributed by atoms with Crippen LogP contribution in [-0.2, 0) is 6.54 Å². The van der Waals surface area contributed by atoms with Crippen molar-refractivity contribution in [2.24, 2.45) is 0 Å². The summed E-state index contributed by atoms with van der Waals surface area (Å²) in [4.78, 5) is 12.0. The highest BCUT2D eigenvalue weighted by molar-refractivity contribution is 5.97. The number of carbonyl (C=O) groups excluding carboxylic acids is 1. The number of hydrogen-bond donors (Lipinski definition) is 2. The lowest BCUT2D eigenvalue weighted by Crippen LogP contribution is -2.27. The van der Waals surface area contributed by atoms with Gasteiger partial charge in [-0.15, -0.1) is 0 Å². The quantitative estimate of drug-likeness (QED) is 0.737. The predicted octanol–water partition coefficient (Wildman–Crippen LogP) is 0.893. The maximum absolute atomic E-state index is 12.0. The summed E-state index contributed by atoms with van der Waals surface area (Å²) in [5.41, 5.74) is 2.96. The van der Waals surface area contributed by atoms with Gasteiger partial charge in [-0.2, -0.15) is 20.5 Å². The Kier molecular flexibility index (Phi) is 3.16. The molecule has 0 saturated carbocycles. The van der Waals surface area contributed by atoms with Gasteiger partial charge in [-0.1, -0.05) is 0 Å². The molecule has 3 rings (SSSR count). The van der Waals surface area contributed by atoms with E-state index in [-0.39, 0.29) is 5.91 Å². The Morgan fingerprint density at radius 2 is 2.15 bits per heavy atom. The van der Waals surface area contributed by atoms with Crippen LogP contribution in [0, 0.1) is 6.92 Å². The lowest BCUT2D eigenvalue weighted by Gasteiger charge is -2.05. The van der Waals surface area contributed by atoms with Crippen molar-refractivity contribution in [3.05, 3.63) is 41.7 Å². The molecular formula is C13H14N6O. The number of aryl methyl sites for hydroxylation is 1. The summed E-state index contributed by atoms with van der Waals surface area (Å²) >= 11 is 0. The topological polar surface area (TPSA) is 88.5 Å². The average molecular weight is 270 g/mol. The average Bonchev–Trinajstić information content (AvgIpc) is 3.06. The number of rotatable bonds is 4. The lowest BCUT2D eigenvalue weighted by molar-refractivity contribution is 0.0952. The third-order valence-corrected chi connectivity index (χ3v) is 2.98. The van der Waals surface area contributed by atoms with Crippen LogP contribution in [0.2, 0.25) is 0 Å². The zero-order valence-electron chi connectivity index (χ0n) is 11.0. The minimum Gasteiger partial charge on any atom is -0.350 e. The number of fused-ring (bicyclic) bond motifs is 1. The van der Waals surface area contributed by atoms with Crippen molar-refractivity contribution in [1.29, 1.82) is 0 Å². The van der Waals surface area contributed by atoms with E-state index in [2.05, 4.69) is 25.8 Å². The number of H-pyrrole nitrogens is 1. The molecule has 2 N–H and O–H groups in total. The molecule has 0 fully saturated rings. The van der Waals surface area contributed by atoms with Crippen molar-refractivity contribution >= 4 is 16.9 Å². The molecule has 2 heterocycles. The van der Waals surface area contributed by atoms with E-state index in [0.717, 1.165) is 11.2 Å². The van der Waals surface area contributed by atoms with Gasteiger partial charge in [-0.3, -0.25) is 9.48 Å². The normalized spacial score (nSPS) is 10.8. The minimum absolute atomic E-state index is 0.126. The summed E-state index contributed by atoms with van der Waals surface area (Å²) in [5, 5.41) is 17.5. The van der Waals surface area contributed by atoms with Gasteiger partial charge in [0.05, 0.1) is 12.2 Å². The molecule has 0 bridgehead atoms. The molecule has 7 heteroatoms. The number of benzene rings is 1. The van der Waals surface area contributed by atoms with Gasteiger partial charge in [0.1, 0.15) is 11.0 Å². The minimum atomic E-state index is -0.126. The van der Waals surface area contributed by atoms with Crippen LogP contribution in [0.1, 0.15) is 16.1 Å². The molecule has 102 valence electrons. The standard InChI is InChI=1S/C13H14N6O/c1-9-4-6-19(17-9)7-5-14-13(20)10-2-3-11-12(8-10)16-18-15-11/h2-4,6,8H,5,7H2,1H3,(H,14,20)(H,15,16,18). The molecule has 0 atom stereocenters. The first-order chi connectivity index (χ1) is 9.72. The van der Waals surface area contributed by atoms with Gasteiger partial charge in [-0.25, -0.2) is 0 Å². The van der Waals surface area contributed by atoms with E-state index in [1.54, 1.807) is 22.9 Å². The van der Waals surface area contributed by atoms with E-state index in [9.17, 15) is 4.79 Å². The molecule has 0 aliphatic rings. The Balaban J connectivity index is 1.61. The maximum Gasteiger partial charge on any atom is 0.251 e. The smallest absolute Gasteiger partial charge is 0.251 e. The fourth-order valence-corrected chi connectivity index (χ4v) is 1.96. The number of hydrogen-bond acceptors (Lipinski definition) is 4. The molecule has 0 saturated heterocycles.